The molecule has 1 aromatic carbocycles. The molecule has 100 valence electrons. The van der Waals surface area contributed by atoms with Gasteiger partial charge < -0.3 is 5.11 Å². The lowest BCUT2D eigenvalue weighted by Crippen LogP contribution is -1.96. The molecule has 1 rings (SSSR count). The summed E-state index contributed by atoms with van der Waals surface area (Å²) in [6, 6.07) is 3.97. The Morgan fingerprint density at radius 3 is 2.53 bits per heavy atom. The van der Waals surface area contributed by atoms with Crippen LogP contribution in [0.1, 0.15) is 13.8 Å². The molecule has 0 aliphatic heterocycles. The highest BCUT2D eigenvalue weighted by Crippen LogP contribution is 2.30. The lowest BCUT2D eigenvalue weighted by atomic mass is 10.3. The Bertz CT molecular complexity index is 592. The number of aliphatic hydroxyl groups excluding tert-OH is 1. The first-order valence-electron chi connectivity index (χ1n) is 5.09. The van der Waals surface area contributed by atoms with Gasteiger partial charge in [-0.25, -0.2) is 0 Å². The predicted octanol–water partition coefficient (Wildman–Crippen LogP) is 3.82. The molecule has 7 nitrogen and oxygen atoms in total. The van der Waals surface area contributed by atoms with Gasteiger partial charge in [-0.05, 0) is 28.9 Å². The molecule has 0 atom stereocenters. The van der Waals surface area contributed by atoms with Gasteiger partial charge in [0.05, 0.1) is 4.92 Å². The van der Waals surface area contributed by atoms with Crippen LogP contribution < -0.4 is 0 Å². The first kappa shape index (κ1) is 15.0. The largest absolute Gasteiger partial charge is 0.510 e. The van der Waals surface area contributed by atoms with E-state index in [0.29, 0.717) is 4.47 Å². The highest BCUT2D eigenvalue weighted by Gasteiger charge is 2.11. The third-order valence-electron chi connectivity index (χ3n) is 2.07. The number of halogens is 1. The molecular weight excluding hydrogens is 318 g/mol. The van der Waals surface area contributed by atoms with Gasteiger partial charge in [0.15, 0.2) is 11.5 Å². The quantitative estimate of drug-likeness (QED) is 0.298. The van der Waals surface area contributed by atoms with Gasteiger partial charge in [-0.1, -0.05) is 0 Å². The maximum absolute atomic E-state index is 11.2. The van der Waals surface area contributed by atoms with Crippen molar-refractivity contribution in [3.8, 4) is 0 Å². The van der Waals surface area contributed by atoms with E-state index in [1.54, 1.807) is 0 Å². The molecule has 0 aliphatic carbocycles. The molecule has 0 saturated heterocycles. The molecule has 19 heavy (non-hydrogen) atoms. The van der Waals surface area contributed by atoms with Crippen LogP contribution in [0.4, 0.5) is 11.4 Å². The molecule has 0 bridgehead atoms. The fourth-order valence-electron chi connectivity index (χ4n) is 1.19. The standard InChI is InChI=1S/C11H10BrN3O4/c1-6(16)11(7(2)17)14-13-10-5-8(15(18)19)3-4-9(10)12/h3-5,16H,1-2H3/b11-6+,14-13?. The first-order valence-corrected chi connectivity index (χ1v) is 5.88. The van der Waals surface area contributed by atoms with E-state index in [2.05, 4.69) is 26.2 Å². The number of nitro groups is 1. The van der Waals surface area contributed by atoms with Crippen LogP contribution in [0.3, 0.4) is 0 Å². The number of hydrogen-bond acceptors (Lipinski definition) is 6. The van der Waals surface area contributed by atoms with Crippen LogP contribution in [0.25, 0.3) is 0 Å². The lowest BCUT2D eigenvalue weighted by molar-refractivity contribution is -0.384. The number of carbonyl (C=O) groups excluding carboxylic acids is 1. The maximum Gasteiger partial charge on any atom is 0.271 e. The average molecular weight is 328 g/mol. The fourth-order valence-corrected chi connectivity index (χ4v) is 1.52. The van der Waals surface area contributed by atoms with Crippen LogP contribution in [-0.4, -0.2) is 15.8 Å². The van der Waals surface area contributed by atoms with Crippen molar-refractivity contribution in [1.82, 2.24) is 0 Å². The van der Waals surface area contributed by atoms with Crippen LogP contribution in [0, 0.1) is 10.1 Å². The smallest absolute Gasteiger partial charge is 0.271 e. The molecule has 0 amide bonds. The molecule has 1 aromatic rings. The Morgan fingerprint density at radius 1 is 1.42 bits per heavy atom. The first-order chi connectivity index (χ1) is 8.82. The van der Waals surface area contributed by atoms with E-state index in [0.717, 1.165) is 0 Å². The number of nitro benzene ring substituents is 1. The number of carbonyl (C=O) groups is 1. The second-order valence-corrected chi connectivity index (χ2v) is 4.44. The van der Waals surface area contributed by atoms with Crippen molar-refractivity contribution in [3.05, 3.63) is 44.2 Å². The minimum atomic E-state index is -0.565. The molecule has 0 aliphatic rings. The van der Waals surface area contributed by atoms with E-state index in [9.17, 15) is 20.0 Å². The van der Waals surface area contributed by atoms with Crippen molar-refractivity contribution in [2.45, 2.75) is 13.8 Å². The van der Waals surface area contributed by atoms with Gasteiger partial charge in [-0.2, -0.15) is 0 Å². The van der Waals surface area contributed by atoms with Crippen molar-refractivity contribution in [3.63, 3.8) is 0 Å². The van der Waals surface area contributed by atoms with E-state index in [1.165, 1.54) is 32.0 Å². The number of hydrogen-bond donors (Lipinski definition) is 1. The predicted molar refractivity (Wildman–Crippen MR) is 71.3 cm³/mol. The van der Waals surface area contributed by atoms with Crippen LogP contribution in [0.15, 0.2) is 44.4 Å². The fraction of sp³-hybridized carbons (Fsp3) is 0.182. The Kier molecular flexibility index (Phi) is 4.87. The lowest BCUT2D eigenvalue weighted by Gasteiger charge is -1.99. The summed E-state index contributed by atoms with van der Waals surface area (Å²) >= 11 is 3.16. The summed E-state index contributed by atoms with van der Waals surface area (Å²) in [6.07, 6.45) is 0. The van der Waals surface area contributed by atoms with Crippen molar-refractivity contribution in [2.75, 3.05) is 0 Å². The number of nitrogens with zero attached hydrogens (tertiary/aromatic N) is 3. The topological polar surface area (TPSA) is 105 Å². The Hall–Kier alpha value is -2.09. The maximum atomic E-state index is 11.2. The van der Waals surface area contributed by atoms with Gasteiger partial charge in [-0.15, -0.1) is 10.2 Å². The number of aliphatic hydroxyl groups is 1. The van der Waals surface area contributed by atoms with Gasteiger partial charge in [-0.3, -0.25) is 14.9 Å². The van der Waals surface area contributed by atoms with E-state index < -0.39 is 10.7 Å². The number of non-ortho nitro benzene ring substituents is 1. The van der Waals surface area contributed by atoms with Crippen molar-refractivity contribution >= 4 is 33.1 Å². The molecule has 0 aromatic heterocycles. The van der Waals surface area contributed by atoms with Crippen LogP contribution >= 0.6 is 15.9 Å². The van der Waals surface area contributed by atoms with Gasteiger partial charge in [0.1, 0.15) is 11.4 Å². The highest BCUT2D eigenvalue weighted by molar-refractivity contribution is 9.10. The Labute approximate surface area is 116 Å². The minimum Gasteiger partial charge on any atom is -0.510 e. The summed E-state index contributed by atoms with van der Waals surface area (Å²) < 4.78 is 0.486. The highest BCUT2D eigenvalue weighted by atomic mass is 79.9. The second kappa shape index (κ2) is 6.19. The number of ketones is 1. The zero-order chi connectivity index (χ0) is 14.6. The zero-order valence-corrected chi connectivity index (χ0v) is 11.7. The molecule has 1 N–H and O–H groups in total. The monoisotopic (exact) mass is 327 g/mol. The molecule has 0 spiro atoms. The summed E-state index contributed by atoms with van der Waals surface area (Å²) in [5.74, 6) is -0.719. The molecule has 0 radical (unpaired) electrons. The van der Waals surface area contributed by atoms with E-state index in [4.69, 9.17) is 0 Å². The molecule has 0 unspecified atom stereocenters. The zero-order valence-electron chi connectivity index (χ0n) is 10.1. The summed E-state index contributed by atoms with van der Waals surface area (Å²) in [4.78, 5) is 21.2. The molecule has 0 fully saturated rings. The molecular formula is C11H10BrN3O4. The van der Waals surface area contributed by atoms with E-state index in [1.807, 2.05) is 0 Å². The SMILES string of the molecule is CC(=O)/C(N=Nc1cc([N+](=O)[O-])ccc1Br)=C(/C)O. The Morgan fingerprint density at radius 2 is 2.05 bits per heavy atom. The van der Waals surface area contributed by atoms with E-state index >= 15 is 0 Å². The van der Waals surface area contributed by atoms with E-state index in [-0.39, 0.29) is 22.8 Å². The van der Waals surface area contributed by atoms with Crippen molar-refractivity contribution in [2.24, 2.45) is 10.2 Å². The third kappa shape index (κ3) is 3.95. The average Bonchev–Trinajstić information content (AvgIpc) is 2.30. The van der Waals surface area contributed by atoms with Crippen LogP contribution in [0.5, 0.6) is 0 Å². The number of benzene rings is 1. The number of Topliss-reactive ketones (excluding diaryl/α,β-unsaturated/α-hetero) is 1. The van der Waals surface area contributed by atoms with Crippen molar-refractivity contribution < 1.29 is 14.8 Å². The third-order valence-corrected chi connectivity index (χ3v) is 2.75. The Balaban J connectivity index is 3.18. The number of rotatable bonds is 4. The summed E-state index contributed by atoms with van der Waals surface area (Å²) in [5, 5.41) is 27.2. The molecule has 0 heterocycles. The van der Waals surface area contributed by atoms with Gasteiger partial charge in [0.25, 0.3) is 5.69 Å². The number of azo groups is 1. The van der Waals surface area contributed by atoms with Gasteiger partial charge >= 0.3 is 0 Å². The summed E-state index contributed by atoms with van der Waals surface area (Å²) in [7, 11) is 0. The normalized spacial score (nSPS) is 12.4. The number of allylic oxidation sites excluding steroid dienone is 2. The molecule has 8 heteroatoms. The summed E-state index contributed by atoms with van der Waals surface area (Å²) in [5.41, 5.74) is -0.154. The second-order valence-electron chi connectivity index (χ2n) is 3.58. The summed E-state index contributed by atoms with van der Waals surface area (Å²) in [6.45, 7) is 2.54. The van der Waals surface area contributed by atoms with Gasteiger partial charge in [0.2, 0.25) is 0 Å². The van der Waals surface area contributed by atoms with Gasteiger partial charge in [0, 0.05) is 23.5 Å². The minimum absolute atomic E-state index is 0.147. The van der Waals surface area contributed by atoms with Crippen molar-refractivity contribution in [1.29, 1.82) is 0 Å². The molecule has 0 saturated carbocycles. The van der Waals surface area contributed by atoms with Crippen LogP contribution in [0.2, 0.25) is 0 Å². The van der Waals surface area contributed by atoms with Crippen LogP contribution in [-0.2, 0) is 4.79 Å².